The highest BCUT2D eigenvalue weighted by Crippen LogP contribution is 2.19. The minimum Gasteiger partial charge on any atom is -0.481 e. The van der Waals surface area contributed by atoms with Gasteiger partial charge in [-0.05, 0) is 50.3 Å². The average Bonchev–Trinajstić information content (AvgIpc) is 3.20. The van der Waals surface area contributed by atoms with Gasteiger partial charge < -0.3 is 20.3 Å². The molecule has 1 aromatic carbocycles. The normalized spacial score (nSPS) is 22.5. The number of carbonyl (C=O) groups is 2. The van der Waals surface area contributed by atoms with E-state index in [1.54, 1.807) is 4.90 Å². The van der Waals surface area contributed by atoms with Crippen LogP contribution in [-0.4, -0.2) is 55.5 Å². The molecule has 2 N–H and O–H groups in total. The lowest BCUT2D eigenvalue weighted by atomic mass is 9.97. The summed E-state index contributed by atoms with van der Waals surface area (Å²) < 4.78 is 31.7. The Bertz CT molecular complexity index is 680. The first-order valence-corrected chi connectivity index (χ1v) is 9.39. The number of carbonyl (C=O) groups excluding carboxylic acids is 2. The van der Waals surface area contributed by atoms with Gasteiger partial charge in [-0.1, -0.05) is 0 Å². The van der Waals surface area contributed by atoms with Gasteiger partial charge in [-0.15, -0.1) is 0 Å². The molecule has 148 valence electrons. The topological polar surface area (TPSA) is 70.7 Å². The van der Waals surface area contributed by atoms with Crippen molar-refractivity contribution in [3.63, 3.8) is 0 Å². The predicted molar refractivity (Wildman–Crippen MR) is 95.2 cm³/mol. The van der Waals surface area contributed by atoms with Gasteiger partial charge in [-0.25, -0.2) is 8.78 Å². The van der Waals surface area contributed by atoms with Crippen LogP contribution >= 0.6 is 0 Å². The summed E-state index contributed by atoms with van der Waals surface area (Å²) in [6.07, 6.45) is 3.66. The van der Waals surface area contributed by atoms with E-state index >= 15 is 0 Å². The SMILES string of the molecule is O=C(NCC1CCCN(C(=O)COc2ccc(F)cc2F)C1)C1CCCN1. The van der Waals surface area contributed by atoms with Crippen LogP contribution in [0.15, 0.2) is 18.2 Å². The molecule has 8 heteroatoms. The third-order valence-corrected chi connectivity index (χ3v) is 5.06. The van der Waals surface area contributed by atoms with Crippen LogP contribution in [0.1, 0.15) is 25.7 Å². The summed E-state index contributed by atoms with van der Waals surface area (Å²) in [7, 11) is 0. The van der Waals surface area contributed by atoms with E-state index in [1.165, 1.54) is 6.07 Å². The van der Waals surface area contributed by atoms with Crippen LogP contribution in [0.5, 0.6) is 5.75 Å². The first kappa shape index (κ1) is 19.5. The molecule has 0 aliphatic carbocycles. The van der Waals surface area contributed by atoms with Crippen molar-refractivity contribution in [2.45, 2.75) is 31.7 Å². The highest BCUT2D eigenvalue weighted by molar-refractivity contribution is 5.82. The van der Waals surface area contributed by atoms with Crippen LogP contribution in [0.2, 0.25) is 0 Å². The van der Waals surface area contributed by atoms with Gasteiger partial charge in [0.2, 0.25) is 5.91 Å². The molecule has 2 unspecified atom stereocenters. The molecule has 2 atom stereocenters. The maximum atomic E-state index is 13.6. The zero-order valence-electron chi connectivity index (χ0n) is 15.2. The Morgan fingerprint density at radius 2 is 2.11 bits per heavy atom. The molecule has 0 aromatic heterocycles. The number of nitrogens with zero attached hydrogens (tertiary/aromatic N) is 1. The van der Waals surface area contributed by atoms with Crippen molar-refractivity contribution in [2.75, 3.05) is 32.8 Å². The molecule has 0 bridgehead atoms. The molecule has 3 rings (SSSR count). The van der Waals surface area contributed by atoms with Crippen molar-refractivity contribution in [3.8, 4) is 5.75 Å². The van der Waals surface area contributed by atoms with Gasteiger partial charge in [0.15, 0.2) is 18.2 Å². The quantitative estimate of drug-likeness (QED) is 0.783. The third-order valence-electron chi connectivity index (χ3n) is 5.06. The van der Waals surface area contributed by atoms with Crippen molar-refractivity contribution in [1.29, 1.82) is 0 Å². The second kappa shape index (κ2) is 9.12. The lowest BCUT2D eigenvalue weighted by Gasteiger charge is -2.33. The number of piperidine rings is 1. The summed E-state index contributed by atoms with van der Waals surface area (Å²) >= 11 is 0. The van der Waals surface area contributed by atoms with Gasteiger partial charge in [0.05, 0.1) is 6.04 Å². The van der Waals surface area contributed by atoms with Gasteiger partial charge >= 0.3 is 0 Å². The number of hydrogen-bond donors (Lipinski definition) is 2. The molecule has 1 aromatic rings. The minimum atomic E-state index is -0.831. The summed E-state index contributed by atoms with van der Waals surface area (Å²) in [6, 6.07) is 2.87. The Kier molecular flexibility index (Phi) is 6.60. The second-order valence-corrected chi connectivity index (χ2v) is 7.11. The summed E-state index contributed by atoms with van der Waals surface area (Å²) in [5, 5.41) is 6.13. The molecule has 2 saturated heterocycles. The molecule has 2 heterocycles. The molecule has 6 nitrogen and oxygen atoms in total. The Labute approximate surface area is 157 Å². The highest BCUT2D eigenvalue weighted by Gasteiger charge is 2.26. The molecular formula is C19H25F2N3O3. The van der Waals surface area contributed by atoms with E-state index in [4.69, 9.17) is 4.74 Å². The van der Waals surface area contributed by atoms with Crippen LogP contribution in [0.3, 0.4) is 0 Å². The summed E-state index contributed by atoms with van der Waals surface area (Å²) in [5.41, 5.74) is 0. The summed E-state index contributed by atoms with van der Waals surface area (Å²) in [4.78, 5) is 26.1. The standard InChI is InChI=1S/C19H25F2N3O3/c20-14-5-6-17(15(21)9-14)27-12-18(25)24-8-2-3-13(11-24)10-23-19(26)16-4-1-7-22-16/h5-6,9,13,16,22H,1-4,7-8,10-12H2,(H,23,26). The Balaban J connectivity index is 1.44. The number of hydrogen-bond acceptors (Lipinski definition) is 4. The smallest absolute Gasteiger partial charge is 0.260 e. The minimum absolute atomic E-state index is 0.0195. The zero-order chi connectivity index (χ0) is 19.2. The molecule has 0 radical (unpaired) electrons. The van der Waals surface area contributed by atoms with E-state index in [2.05, 4.69) is 10.6 Å². The molecule has 2 amide bonds. The summed E-state index contributed by atoms with van der Waals surface area (Å²) in [6.45, 7) is 2.26. The van der Waals surface area contributed by atoms with Crippen LogP contribution in [-0.2, 0) is 9.59 Å². The number of nitrogens with one attached hydrogen (secondary N) is 2. The van der Waals surface area contributed by atoms with Crippen LogP contribution < -0.4 is 15.4 Å². The van der Waals surface area contributed by atoms with E-state index < -0.39 is 11.6 Å². The Morgan fingerprint density at radius 3 is 2.85 bits per heavy atom. The van der Waals surface area contributed by atoms with E-state index in [9.17, 15) is 18.4 Å². The third kappa shape index (κ3) is 5.38. The molecule has 2 aliphatic rings. The summed E-state index contributed by atoms with van der Waals surface area (Å²) in [5.74, 6) is -1.70. The van der Waals surface area contributed by atoms with E-state index in [0.717, 1.165) is 44.4 Å². The fourth-order valence-electron chi connectivity index (χ4n) is 3.56. The largest absolute Gasteiger partial charge is 0.481 e. The molecule has 0 spiro atoms. The van der Waals surface area contributed by atoms with Crippen molar-refractivity contribution in [2.24, 2.45) is 5.92 Å². The van der Waals surface area contributed by atoms with Gasteiger partial charge in [0, 0.05) is 25.7 Å². The van der Waals surface area contributed by atoms with Crippen LogP contribution in [0, 0.1) is 17.6 Å². The molecule has 0 saturated carbocycles. The van der Waals surface area contributed by atoms with Crippen molar-refractivity contribution >= 4 is 11.8 Å². The molecule has 27 heavy (non-hydrogen) atoms. The first-order chi connectivity index (χ1) is 13.0. The average molecular weight is 381 g/mol. The van der Waals surface area contributed by atoms with E-state index in [-0.39, 0.29) is 36.1 Å². The van der Waals surface area contributed by atoms with Crippen LogP contribution in [0.4, 0.5) is 8.78 Å². The first-order valence-electron chi connectivity index (χ1n) is 9.39. The second-order valence-electron chi connectivity index (χ2n) is 7.11. The van der Waals surface area contributed by atoms with Crippen LogP contribution in [0.25, 0.3) is 0 Å². The lowest BCUT2D eigenvalue weighted by Crippen LogP contribution is -2.47. The maximum Gasteiger partial charge on any atom is 0.260 e. The van der Waals surface area contributed by atoms with E-state index in [0.29, 0.717) is 19.6 Å². The van der Waals surface area contributed by atoms with Gasteiger partial charge in [-0.2, -0.15) is 0 Å². The van der Waals surface area contributed by atoms with Crippen molar-refractivity contribution in [1.82, 2.24) is 15.5 Å². The zero-order valence-corrected chi connectivity index (χ0v) is 15.2. The number of halogens is 2. The predicted octanol–water partition coefficient (Wildman–Crippen LogP) is 1.45. The number of benzene rings is 1. The molecule has 2 aliphatic heterocycles. The van der Waals surface area contributed by atoms with Crippen molar-refractivity contribution in [3.05, 3.63) is 29.8 Å². The number of rotatable bonds is 6. The molecule has 2 fully saturated rings. The highest BCUT2D eigenvalue weighted by atomic mass is 19.1. The van der Waals surface area contributed by atoms with Crippen molar-refractivity contribution < 1.29 is 23.1 Å². The maximum absolute atomic E-state index is 13.6. The van der Waals surface area contributed by atoms with Gasteiger partial charge in [-0.3, -0.25) is 9.59 Å². The monoisotopic (exact) mass is 381 g/mol. The number of likely N-dealkylation sites (tertiary alicyclic amines) is 1. The van der Waals surface area contributed by atoms with Gasteiger partial charge in [0.1, 0.15) is 5.82 Å². The Hall–Kier alpha value is -2.22. The number of ether oxygens (including phenoxy) is 1. The Morgan fingerprint density at radius 1 is 1.26 bits per heavy atom. The molecular weight excluding hydrogens is 356 g/mol. The fourth-order valence-corrected chi connectivity index (χ4v) is 3.56. The van der Waals surface area contributed by atoms with Gasteiger partial charge in [0.25, 0.3) is 5.91 Å². The van der Waals surface area contributed by atoms with E-state index in [1.807, 2.05) is 0 Å². The lowest BCUT2D eigenvalue weighted by molar-refractivity contribution is -0.135. The fraction of sp³-hybridized carbons (Fsp3) is 0.579. The number of amides is 2.